The fourth-order valence-corrected chi connectivity index (χ4v) is 2.48. The summed E-state index contributed by atoms with van der Waals surface area (Å²) in [5, 5.41) is 10.5. The summed E-state index contributed by atoms with van der Waals surface area (Å²) in [6.45, 7) is 1.48. The molecule has 0 atom stereocenters. The van der Waals surface area contributed by atoms with E-state index in [2.05, 4.69) is 4.98 Å². The molecular weight excluding hydrogens is 352 g/mol. The van der Waals surface area contributed by atoms with Crippen molar-refractivity contribution >= 4 is 17.4 Å². The fraction of sp³-hybridized carbons (Fsp3) is 0.214. The third-order valence-corrected chi connectivity index (χ3v) is 3.99. The van der Waals surface area contributed by atoms with E-state index in [-0.39, 0.29) is 22.2 Å². The molecule has 1 aromatic carbocycles. The Kier molecular flexibility index (Phi) is 5.27. The van der Waals surface area contributed by atoms with Crippen molar-refractivity contribution < 1.29 is 27.2 Å². The van der Waals surface area contributed by atoms with Crippen LogP contribution in [0.1, 0.15) is 5.56 Å². The average molecular weight is 362 g/mol. The largest absolute Gasteiger partial charge is 0.436 e. The Morgan fingerprint density at radius 2 is 2.04 bits per heavy atom. The summed E-state index contributed by atoms with van der Waals surface area (Å²) < 4.78 is 56.0. The van der Waals surface area contributed by atoms with Crippen LogP contribution in [0.2, 0.25) is 0 Å². The van der Waals surface area contributed by atoms with Gasteiger partial charge in [0.05, 0.1) is 10.7 Å². The number of ether oxygens (including phenoxy) is 1. The van der Waals surface area contributed by atoms with Gasteiger partial charge >= 0.3 is 6.18 Å². The van der Waals surface area contributed by atoms with Crippen LogP contribution in [-0.2, 0) is 0 Å². The number of nitro groups is 1. The molecule has 5 nitrogen and oxygen atoms in total. The highest BCUT2D eigenvalue weighted by molar-refractivity contribution is 7.99. The van der Waals surface area contributed by atoms with Crippen molar-refractivity contribution in [2.24, 2.45) is 0 Å². The van der Waals surface area contributed by atoms with E-state index in [0.717, 1.165) is 24.4 Å². The van der Waals surface area contributed by atoms with Gasteiger partial charge in [-0.25, -0.2) is 9.37 Å². The van der Waals surface area contributed by atoms with Crippen molar-refractivity contribution in [2.75, 3.05) is 5.75 Å². The third-order valence-electron chi connectivity index (χ3n) is 2.77. The van der Waals surface area contributed by atoms with Crippen molar-refractivity contribution in [3.8, 4) is 11.6 Å². The molecule has 0 saturated heterocycles. The quantitative estimate of drug-likeness (QED) is 0.328. The number of nitrogens with zero attached hydrogens (tertiary/aromatic N) is 2. The first-order chi connectivity index (χ1) is 11.2. The zero-order valence-corrected chi connectivity index (χ0v) is 12.9. The molecule has 2 aromatic rings. The van der Waals surface area contributed by atoms with Crippen LogP contribution in [0.5, 0.6) is 11.6 Å². The van der Waals surface area contributed by atoms with E-state index in [4.69, 9.17) is 4.74 Å². The van der Waals surface area contributed by atoms with Gasteiger partial charge in [0.25, 0.3) is 5.69 Å². The minimum absolute atomic E-state index is 0.116. The standard InChI is InChI=1S/C14H10F4N2O3S/c1-8-4-10(15)11(5-12(8)24-7-14(16,17)18)23-13-3-2-9(6-19-13)20(21)22/h2-6H,7H2,1H3. The topological polar surface area (TPSA) is 65.3 Å². The van der Waals surface area contributed by atoms with E-state index in [1.54, 1.807) is 0 Å². The Labute approximate surface area is 137 Å². The number of thioether (sulfide) groups is 1. The predicted octanol–water partition coefficient (Wildman–Crippen LogP) is 4.88. The fourth-order valence-electron chi connectivity index (χ4n) is 1.68. The number of benzene rings is 1. The van der Waals surface area contributed by atoms with Gasteiger partial charge in [0, 0.05) is 17.0 Å². The summed E-state index contributed by atoms with van der Waals surface area (Å²) in [7, 11) is 0. The average Bonchev–Trinajstić information content (AvgIpc) is 2.48. The minimum Gasteiger partial charge on any atom is -0.436 e. The Hall–Kier alpha value is -2.36. The highest BCUT2D eigenvalue weighted by Crippen LogP contribution is 2.34. The summed E-state index contributed by atoms with van der Waals surface area (Å²) in [5.74, 6) is -2.32. The van der Waals surface area contributed by atoms with Gasteiger partial charge in [0.1, 0.15) is 6.20 Å². The van der Waals surface area contributed by atoms with E-state index in [1.165, 1.54) is 13.0 Å². The summed E-state index contributed by atoms with van der Waals surface area (Å²) in [5.41, 5.74) is 0.0684. The van der Waals surface area contributed by atoms with Crippen molar-refractivity contribution in [2.45, 2.75) is 18.0 Å². The number of pyridine rings is 1. The van der Waals surface area contributed by atoms with E-state index in [9.17, 15) is 27.7 Å². The first-order valence-electron chi connectivity index (χ1n) is 6.44. The number of alkyl halides is 3. The van der Waals surface area contributed by atoms with Gasteiger partial charge in [-0.05, 0) is 24.6 Å². The van der Waals surface area contributed by atoms with Crippen molar-refractivity contribution in [3.05, 3.63) is 52.0 Å². The third kappa shape index (κ3) is 4.82. The Balaban J connectivity index is 2.21. The molecule has 10 heteroatoms. The van der Waals surface area contributed by atoms with Crippen LogP contribution in [-0.4, -0.2) is 21.8 Å². The van der Waals surface area contributed by atoms with Crippen LogP contribution < -0.4 is 4.74 Å². The van der Waals surface area contributed by atoms with E-state index < -0.39 is 22.7 Å². The second-order valence-corrected chi connectivity index (χ2v) is 5.68. The van der Waals surface area contributed by atoms with Crippen molar-refractivity contribution in [1.82, 2.24) is 4.98 Å². The first kappa shape index (κ1) is 18.0. The molecule has 0 unspecified atom stereocenters. The van der Waals surface area contributed by atoms with Crippen molar-refractivity contribution in [1.29, 1.82) is 0 Å². The van der Waals surface area contributed by atoms with E-state index in [1.807, 2.05) is 0 Å². The Morgan fingerprint density at radius 3 is 2.58 bits per heavy atom. The van der Waals surface area contributed by atoms with Crippen molar-refractivity contribution in [3.63, 3.8) is 0 Å². The van der Waals surface area contributed by atoms with Crippen LogP contribution in [0, 0.1) is 22.9 Å². The lowest BCUT2D eigenvalue weighted by Crippen LogP contribution is -2.10. The number of hydrogen-bond acceptors (Lipinski definition) is 5. The van der Waals surface area contributed by atoms with Crippen LogP contribution in [0.25, 0.3) is 0 Å². The molecule has 0 saturated carbocycles. The maximum atomic E-state index is 13.9. The van der Waals surface area contributed by atoms with Gasteiger partial charge in [-0.1, -0.05) is 0 Å². The minimum atomic E-state index is -4.35. The molecule has 0 aliphatic heterocycles. The Bertz CT molecular complexity index is 751. The first-order valence-corrected chi connectivity index (χ1v) is 7.42. The summed E-state index contributed by atoms with van der Waals surface area (Å²) in [4.78, 5) is 13.7. The van der Waals surface area contributed by atoms with Gasteiger partial charge in [-0.2, -0.15) is 13.2 Å². The van der Waals surface area contributed by atoms with Gasteiger partial charge in [0.15, 0.2) is 11.6 Å². The molecule has 24 heavy (non-hydrogen) atoms. The second kappa shape index (κ2) is 7.04. The molecular formula is C14H10F4N2O3S. The highest BCUT2D eigenvalue weighted by Gasteiger charge is 2.27. The number of aryl methyl sites for hydroxylation is 1. The molecule has 1 aromatic heterocycles. The van der Waals surface area contributed by atoms with Gasteiger partial charge in [0.2, 0.25) is 5.88 Å². The molecule has 0 fully saturated rings. The predicted molar refractivity (Wildman–Crippen MR) is 78.9 cm³/mol. The molecule has 2 rings (SSSR count). The van der Waals surface area contributed by atoms with E-state index >= 15 is 0 Å². The van der Waals surface area contributed by atoms with Crippen LogP contribution in [0.4, 0.5) is 23.2 Å². The number of halogens is 4. The maximum Gasteiger partial charge on any atom is 0.398 e. The van der Waals surface area contributed by atoms with E-state index in [0.29, 0.717) is 17.3 Å². The number of aromatic nitrogens is 1. The summed E-state index contributed by atoms with van der Waals surface area (Å²) in [6, 6.07) is 4.48. The lowest BCUT2D eigenvalue weighted by atomic mass is 10.2. The normalized spacial score (nSPS) is 11.4. The molecule has 0 amide bonds. The Morgan fingerprint density at radius 1 is 1.33 bits per heavy atom. The summed E-state index contributed by atoms with van der Waals surface area (Å²) in [6.07, 6.45) is -3.42. The zero-order valence-electron chi connectivity index (χ0n) is 12.1. The molecule has 0 N–H and O–H groups in total. The number of rotatable bonds is 5. The summed E-state index contributed by atoms with van der Waals surface area (Å²) >= 11 is 0.512. The number of hydrogen-bond donors (Lipinski definition) is 0. The van der Waals surface area contributed by atoms with Crippen LogP contribution >= 0.6 is 11.8 Å². The zero-order chi connectivity index (χ0) is 17.9. The molecule has 0 spiro atoms. The van der Waals surface area contributed by atoms with Gasteiger partial charge in [-0.3, -0.25) is 10.1 Å². The lowest BCUT2D eigenvalue weighted by molar-refractivity contribution is -0.385. The molecule has 0 aliphatic carbocycles. The molecule has 0 bridgehead atoms. The SMILES string of the molecule is Cc1cc(F)c(Oc2ccc([N+](=O)[O-])cn2)cc1SCC(F)(F)F. The van der Waals surface area contributed by atoms with Crippen LogP contribution in [0.3, 0.4) is 0 Å². The van der Waals surface area contributed by atoms with Gasteiger partial charge < -0.3 is 4.74 Å². The molecule has 128 valence electrons. The van der Waals surface area contributed by atoms with Gasteiger partial charge in [-0.15, -0.1) is 11.8 Å². The maximum absolute atomic E-state index is 13.9. The smallest absolute Gasteiger partial charge is 0.398 e. The monoisotopic (exact) mass is 362 g/mol. The second-order valence-electron chi connectivity index (χ2n) is 4.67. The molecule has 1 heterocycles. The van der Waals surface area contributed by atoms with Crippen LogP contribution in [0.15, 0.2) is 35.4 Å². The lowest BCUT2D eigenvalue weighted by Gasteiger charge is -2.12. The molecule has 0 radical (unpaired) electrons. The molecule has 0 aliphatic rings. The highest BCUT2D eigenvalue weighted by atomic mass is 32.2.